The standard InChI is InChI=1S/C23H22N4O4S/c1-14-3-6-16(7-4-14)11-26-12-18(10-21(26)28)22(29)25-23-24-19(13-32-23)17-8-5-15(2)20(9-17)27(30)31/h3-9,13,18H,10-12H2,1-2H3,(H,24,25,29). The van der Waals surface area contributed by atoms with E-state index in [-0.39, 0.29) is 23.9 Å². The van der Waals surface area contributed by atoms with E-state index in [4.69, 9.17) is 0 Å². The van der Waals surface area contributed by atoms with Crippen LogP contribution in [0.1, 0.15) is 23.1 Å². The summed E-state index contributed by atoms with van der Waals surface area (Å²) in [5, 5.41) is 16.1. The van der Waals surface area contributed by atoms with Gasteiger partial charge in [-0.05, 0) is 19.4 Å². The zero-order valence-corrected chi connectivity index (χ0v) is 18.5. The molecule has 3 aromatic rings. The van der Waals surface area contributed by atoms with Gasteiger partial charge in [0.2, 0.25) is 11.8 Å². The molecule has 1 N–H and O–H groups in total. The molecule has 9 heteroatoms. The summed E-state index contributed by atoms with van der Waals surface area (Å²) in [4.78, 5) is 42.0. The summed E-state index contributed by atoms with van der Waals surface area (Å²) in [6, 6.07) is 12.9. The summed E-state index contributed by atoms with van der Waals surface area (Å²) in [5.41, 5.74) is 3.95. The SMILES string of the molecule is Cc1ccc(CN2CC(C(=O)Nc3nc(-c4ccc(C)c([N+](=O)[O-])c4)cs3)CC2=O)cc1. The molecule has 2 aromatic carbocycles. The molecule has 1 aliphatic heterocycles. The molecule has 1 aliphatic rings. The Bertz CT molecular complexity index is 1190. The molecule has 0 radical (unpaired) electrons. The number of carbonyl (C=O) groups excluding carboxylic acids is 2. The van der Waals surface area contributed by atoms with E-state index in [2.05, 4.69) is 10.3 Å². The van der Waals surface area contributed by atoms with E-state index in [0.717, 1.165) is 11.1 Å². The van der Waals surface area contributed by atoms with E-state index >= 15 is 0 Å². The molecule has 1 saturated heterocycles. The number of rotatable bonds is 6. The Morgan fingerprint density at radius 3 is 2.72 bits per heavy atom. The molecule has 8 nitrogen and oxygen atoms in total. The number of benzene rings is 2. The van der Waals surface area contributed by atoms with Crippen LogP contribution < -0.4 is 5.32 Å². The second kappa shape index (κ2) is 8.88. The zero-order chi connectivity index (χ0) is 22.8. The maximum atomic E-state index is 12.7. The summed E-state index contributed by atoms with van der Waals surface area (Å²) in [5.74, 6) is -0.737. The van der Waals surface area contributed by atoms with Gasteiger partial charge in [-0.2, -0.15) is 0 Å². The molecule has 0 saturated carbocycles. The topological polar surface area (TPSA) is 105 Å². The maximum Gasteiger partial charge on any atom is 0.272 e. The Kier molecular flexibility index (Phi) is 6.00. The third-order valence-corrected chi connectivity index (χ3v) is 6.27. The number of hydrogen-bond acceptors (Lipinski definition) is 6. The quantitative estimate of drug-likeness (QED) is 0.445. The van der Waals surface area contributed by atoms with Crippen molar-refractivity contribution in [2.75, 3.05) is 11.9 Å². The van der Waals surface area contributed by atoms with Crippen molar-refractivity contribution in [3.05, 3.63) is 74.6 Å². The Labute approximate surface area is 189 Å². The van der Waals surface area contributed by atoms with Gasteiger partial charge >= 0.3 is 0 Å². The fourth-order valence-electron chi connectivity index (χ4n) is 3.65. The smallest absolute Gasteiger partial charge is 0.272 e. The van der Waals surface area contributed by atoms with E-state index in [9.17, 15) is 19.7 Å². The first-order valence-corrected chi connectivity index (χ1v) is 11.0. The second-order valence-electron chi connectivity index (χ2n) is 7.95. The largest absolute Gasteiger partial charge is 0.338 e. The zero-order valence-electron chi connectivity index (χ0n) is 17.7. The van der Waals surface area contributed by atoms with E-state index in [1.165, 1.54) is 17.4 Å². The van der Waals surface area contributed by atoms with Crippen LogP contribution in [-0.2, 0) is 16.1 Å². The Hall–Kier alpha value is -3.59. The number of anilines is 1. The van der Waals surface area contributed by atoms with Crippen LogP contribution in [0.25, 0.3) is 11.3 Å². The highest BCUT2D eigenvalue weighted by Gasteiger charge is 2.34. The van der Waals surface area contributed by atoms with E-state index in [1.807, 2.05) is 31.2 Å². The fraction of sp³-hybridized carbons (Fsp3) is 0.261. The van der Waals surface area contributed by atoms with E-state index < -0.39 is 10.8 Å². The molecular formula is C23H22N4O4S. The lowest BCUT2D eigenvalue weighted by Gasteiger charge is -2.16. The van der Waals surface area contributed by atoms with Gasteiger partial charge in [-0.3, -0.25) is 19.7 Å². The molecule has 164 valence electrons. The van der Waals surface area contributed by atoms with E-state index in [1.54, 1.807) is 29.3 Å². The lowest BCUT2D eigenvalue weighted by atomic mass is 10.1. The third kappa shape index (κ3) is 4.67. The van der Waals surface area contributed by atoms with E-state index in [0.29, 0.717) is 35.0 Å². The van der Waals surface area contributed by atoms with Gasteiger partial charge in [-0.25, -0.2) is 4.98 Å². The van der Waals surface area contributed by atoms with Crippen molar-refractivity contribution in [3.8, 4) is 11.3 Å². The highest BCUT2D eigenvalue weighted by Crippen LogP contribution is 2.30. The highest BCUT2D eigenvalue weighted by atomic mass is 32.1. The Balaban J connectivity index is 1.40. The van der Waals surface area contributed by atoms with Crippen molar-refractivity contribution in [1.29, 1.82) is 0 Å². The van der Waals surface area contributed by atoms with Crippen LogP contribution in [0.15, 0.2) is 47.8 Å². The number of aryl methyl sites for hydroxylation is 2. The monoisotopic (exact) mass is 450 g/mol. The summed E-state index contributed by atoms with van der Waals surface area (Å²) < 4.78 is 0. The number of amides is 2. The van der Waals surface area contributed by atoms with Crippen LogP contribution in [0, 0.1) is 29.9 Å². The van der Waals surface area contributed by atoms with Gasteiger partial charge < -0.3 is 10.2 Å². The molecule has 32 heavy (non-hydrogen) atoms. The number of likely N-dealkylation sites (tertiary alicyclic amines) is 1. The Morgan fingerprint density at radius 2 is 2.00 bits per heavy atom. The minimum atomic E-state index is -0.444. The molecule has 0 bridgehead atoms. The minimum absolute atomic E-state index is 0.0271. The number of carbonyl (C=O) groups is 2. The van der Waals surface area contributed by atoms with Gasteiger partial charge in [-0.1, -0.05) is 42.0 Å². The van der Waals surface area contributed by atoms with Gasteiger partial charge in [0.15, 0.2) is 5.13 Å². The molecule has 1 aromatic heterocycles. The van der Waals surface area contributed by atoms with Gasteiger partial charge in [0.05, 0.1) is 16.5 Å². The van der Waals surface area contributed by atoms with Crippen LogP contribution in [0.5, 0.6) is 0 Å². The number of nitrogens with one attached hydrogen (secondary N) is 1. The summed E-state index contributed by atoms with van der Waals surface area (Å²) in [6.07, 6.45) is 0.167. The van der Waals surface area contributed by atoms with Gasteiger partial charge in [0.25, 0.3) is 5.69 Å². The molecule has 1 unspecified atom stereocenters. The molecule has 0 aliphatic carbocycles. The first kappa shape index (κ1) is 21.6. The minimum Gasteiger partial charge on any atom is -0.338 e. The van der Waals surface area contributed by atoms with Crippen LogP contribution in [0.2, 0.25) is 0 Å². The molecule has 4 rings (SSSR count). The normalized spacial score (nSPS) is 15.8. The first-order chi connectivity index (χ1) is 15.3. The lowest BCUT2D eigenvalue weighted by molar-refractivity contribution is -0.385. The predicted octanol–water partition coefficient (Wildman–Crippen LogP) is 4.32. The Morgan fingerprint density at radius 1 is 1.25 bits per heavy atom. The third-order valence-electron chi connectivity index (χ3n) is 5.52. The average molecular weight is 451 g/mol. The second-order valence-corrected chi connectivity index (χ2v) is 8.80. The predicted molar refractivity (Wildman–Crippen MR) is 122 cm³/mol. The molecule has 2 amide bonds. The van der Waals surface area contributed by atoms with Gasteiger partial charge in [-0.15, -0.1) is 11.3 Å². The lowest BCUT2D eigenvalue weighted by Crippen LogP contribution is -2.28. The number of thiazole rings is 1. The number of aromatic nitrogens is 1. The molecular weight excluding hydrogens is 428 g/mol. The van der Waals surface area contributed by atoms with Crippen LogP contribution >= 0.6 is 11.3 Å². The van der Waals surface area contributed by atoms with Gasteiger partial charge in [0, 0.05) is 42.1 Å². The number of hydrogen-bond donors (Lipinski definition) is 1. The van der Waals surface area contributed by atoms with Crippen molar-refractivity contribution in [1.82, 2.24) is 9.88 Å². The molecule has 0 spiro atoms. The number of nitrogens with zero attached hydrogens (tertiary/aromatic N) is 3. The highest BCUT2D eigenvalue weighted by molar-refractivity contribution is 7.14. The average Bonchev–Trinajstić information content (AvgIpc) is 3.37. The molecule has 2 heterocycles. The van der Waals surface area contributed by atoms with Crippen molar-refractivity contribution < 1.29 is 14.5 Å². The summed E-state index contributed by atoms with van der Waals surface area (Å²) in [7, 11) is 0. The van der Waals surface area contributed by atoms with Gasteiger partial charge in [0.1, 0.15) is 0 Å². The summed E-state index contributed by atoms with van der Waals surface area (Å²) in [6.45, 7) is 4.53. The van der Waals surface area contributed by atoms with Crippen molar-refractivity contribution >= 4 is 34.0 Å². The van der Waals surface area contributed by atoms with Crippen molar-refractivity contribution in [2.24, 2.45) is 5.92 Å². The van der Waals surface area contributed by atoms with Crippen LogP contribution in [-0.4, -0.2) is 33.2 Å². The fourth-order valence-corrected chi connectivity index (χ4v) is 4.37. The number of nitro groups is 1. The van der Waals surface area contributed by atoms with Crippen LogP contribution in [0.4, 0.5) is 10.8 Å². The molecule has 1 fully saturated rings. The van der Waals surface area contributed by atoms with Crippen LogP contribution in [0.3, 0.4) is 0 Å². The maximum absolute atomic E-state index is 12.7. The summed E-state index contributed by atoms with van der Waals surface area (Å²) >= 11 is 1.24. The first-order valence-electron chi connectivity index (χ1n) is 10.2. The van der Waals surface area contributed by atoms with Crippen molar-refractivity contribution in [2.45, 2.75) is 26.8 Å². The molecule has 1 atom stereocenters. The number of nitro benzene ring substituents is 1. The van der Waals surface area contributed by atoms with Crippen molar-refractivity contribution in [3.63, 3.8) is 0 Å².